The predicted molar refractivity (Wildman–Crippen MR) is 72.8 cm³/mol. The second kappa shape index (κ2) is 8.90. The molecule has 3 N–H and O–H groups in total. The zero-order valence-electron chi connectivity index (χ0n) is 11.4. The standard InChI is InChI=1S/C14H30N2O/c1-2-3-5-8-13(17)9-10-14(15)16-11-6-4-7-12-16/h13-14,17H,2-12,15H2,1H3. The van der Waals surface area contributed by atoms with E-state index in [1.807, 2.05) is 0 Å². The van der Waals surface area contributed by atoms with Crippen molar-refractivity contribution in [2.75, 3.05) is 13.1 Å². The summed E-state index contributed by atoms with van der Waals surface area (Å²) in [7, 11) is 0. The fourth-order valence-electron chi connectivity index (χ4n) is 2.57. The van der Waals surface area contributed by atoms with Crippen molar-refractivity contribution in [3.05, 3.63) is 0 Å². The van der Waals surface area contributed by atoms with Gasteiger partial charge in [0.15, 0.2) is 0 Å². The van der Waals surface area contributed by atoms with Crippen molar-refractivity contribution in [1.82, 2.24) is 4.90 Å². The van der Waals surface area contributed by atoms with E-state index >= 15 is 0 Å². The number of nitrogens with zero attached hydrogens (tertiary/aromatic N) is 1. The van der Waals surface area contributed by atoms with Gasteiger partial charge in [-0.05, 0) is 45.2 Å². The summed E-state index contributed by atoms with van der Waals surface area (Å²) < 4.78 is 0. The van der Waals surface area contributed by atoms with Crippen molar-refractivity contribution in [2.24, 2.45) is 5.73 Å². The molecule has 0 saturated carbocycles. The number of nitrogens with two attached hydrogens (primary N) is 1. The third-order valence-electron chi connectivity index (χ3n) is 3.80. The van der Waals surface area contributed by atoms with Crippen LogP contribution in [0.15, 0.2) is 0 Å². The van der Waals surface area contributed by atoms with Gasteiger partial charge >= 0.3 is 0 Å². The molecule has 0 aromatic carbocycles. The van der Waals surface area contributed by atoms with Gasteiger partial charge in [-0.3, -0.25) is 4.90 Å². The molecule has 2 unspecified atom stereocenters. The average molecular weight is 242 g/mol. The van der Waals surface area contributed by atoms with Crippen molar-refractivity contribution in [2.45, 2.75) is 77.0 Å². The van der Waals surface area contributed by atoms with Gasteiger partial charge in [-0.25, -0.2) is 0 Å². The molecule has 17 heavy (non-hydrogen) atoms. The van der Waals surface area contributed by atoms with Crippen molar-refractivity contribution >= 4 is 0 Å². The molecular weight excluding hydrogens is 212 g/mol. The van der Waals surface area contributed by atoms with Gasteiger partial charge in [0.2, 0.25) is 0 Å². The lowest BCUT2D eigenvalue weighted by Gasteiger charge is -2.32. The van der Waals surface area contributed by atoms with Crippen LogP contribution in [0.1, 0.15) is 64.7 Å². The quantitative estimate of drug-likeness (QED) is 0.643. The molecule has 0 amide bonds. The Morgan fingerprint density at radius 2 is 1.76 bits per heavy atom. The summed E-state index contributed by atoms with van der Waals surface area (Å²) in [6.07, 6.45) is 10.3. The minimum absolute atomic E-state index is 0.141. The van der Waals surface area contributed by atoms with Crippen LogP contribution in [-0.2, 0) is 0 Å². The lowest BCUT2D eigenvalue weighted by Crippen LogP contribution is -2.45. The van der Waals surface area contributed by atoms with Gasteiger partial charge in [0.25, 0.3) is 0 Å². The maximum atomic E-state index is 9.85. The summed E-state index contributed by atoms with van der Waals surface area (Å²) in [5, 5.41) is 9.85. The number of likely N-dealkylation sites (tertiary alicyclic amines) is 1. The predicted octanol–water partition coefficient (Wildman–Crippen LogP) is 2.48. The van der Waals surface area contributed by atoms with Crippen molar-refractivity contribution in [1.29, 1.82) is 0 Å². The Bertz CT molecular complexity index is 181. The molecule has 1 rings (SSSR count). The van der Waals surface area contributed by atoms with E-state index in [1.165, 1.54) is 32.1 Å². The number of piperidine rings is 1. The van der Waals surface area contributed by atoms with E-state index in [2.05, 4.69) is 11.8 Å². The number of aliphatic hydroxyl groups is 1. The van der Waals surface area contributed by atoms with Crippen LogP contribution in [0.25, 0.3) is 0 Å². The van der Waals surface area contributed by atoms with Crippen LogP contribution in [0.2, 0.25) is 0 Å². The Morgan fingerprint density at radius 3 is 2.41 bits per heavy atom. The molecule has 102 valence electrons. The number of hydrogen-bond donors (Lipinski definition) is 2. The first-order valence-corrected chi connectivity index (χ1v) is 7.41. The molecule has 0 aromatic heterocycles. The topological polar surface area (TPSA) is 49.5 Å². The largest absolute Gasteiger partial charge is 0.393 e. The summed E-state index contributed by atoms with van der Waals surface area (Å²) >= 11 is 0. The highest BCUT2D eigenvalue weighted by Crippen LogP contribution is 2.15. The molecule has 0 spiro atoms. The zero-order chi connectivity index (χ0) is 12.5. The summed E-state index contributed by atoms with van der Waals surface area (Å²) in [5.74, 6) is 0. The van der Waals surface area contributed by atoms with Crippen molar-refractivity contribution in [3.63, 3.8) is 0 Å². The van der Waals surface area contributed by atoms with Crippen LogP contribution >= 0.6 is 0 Å². The van der Waals surface area contributed by atoms with Crippen LogP contribution < -0.4 is 5.73 Å². The van der Waals surface area contributed by atoms with E-state index in [-0.39, 0.29) is 12.3 Å². The van der Waals surface area contributed by atoms with Crippen LogP contribution in [0.5, 0.6) is 0 Å². The molecular formula is C14H30N2O. The van der Waals surface area contributed by atoms with Crippen LogP contribution in [0, 0.1) is 0 Å². The number of hydrogen-bond acceptors (Lipinski definition) is 3. The van der Waals surface area contributed by atoms with Gasteiger partial charge in [0.1, 0.15) is 0 Å². The maximum Gasteiger partial charge on any atom is 0.0572 e. The van der Waals surface area contributed by atoms with E-state index in [1.54, 1.807) is 0 Å². The minimum atomic E-state index is -0.141. The third-order valence-corrected chi connectivity index (χ3v) is 3.80. The molecule has 1 fully saturated rings. The zero-order valence-corrected chi connectivity index (χ0v) is 11.4. The minimum Gasteiger partial charge on any atom is -0.393 e. The molecule has 3 heteroatoms. The van der Waals surface area contributed by atoms with Gasteiger partial charge < -0.3 is 10.8 Å². The summed E-state index contributed by atoms with van der Waals surface area (Å²) in [4.78, 5) is 2.38. The normalized spacial score (nSPS) is 21.4. The molecule has 2 atom stereocenters. The van der Waals surface area contributed by atoms with Crippen LogP contribution in [0.4, 0.5) is 0 Å². The Labute approximate surface area is 106 Å². The Hall–Kier alpha value is -0.120. The highest BCUT2D eigenvalue weighted by Gasteiger charge is 2.17. The molecule has 0 aromatic rings. The molecule has 0 radical (unpaired) electrons. The monoisotopic (exact) mass is 242 g/mol. The Balaban J connectivity index is 2.07. The molecule has 1 heterocycles. The van der Waals surface area contributed by atoms with Gasteiger partial charge in [0.05, 0.1) is 12.3 Å². The van der Waals surface area contributed by atoms with E-state index in [0.29, 0.717) is 0 Å². The first-order valence-electron chi connectivity index (χ1n) is 7.41. The first kappa shape index (κ1) is 14.9. The first-order chi connectivity index (χ1) is 8.24. The lowest BCUT2D eigenvalue weighted by atomic mass is 10.0. The second-order valence-electron chi connectivity index (χ2n) is 5.39. The number of rotatable bonds is 8. The van der Waals surface area contributed by atoms with E-state index in [0.717, 1.165) is 38.8 Å². The molecule has 1 aliphatic rings. The fourth-order valence-corrected chi connectivity index (χ4v) is 2.57. The van der Waals surface area contributed by atoms with E-state index < -0.39 is 0 Å². The lowest BCUT2D eigenvalue weighted by molar-refractivity contribution is 0.113. The smallest absolute Gasteiger partial charge is 0.0572 e. The van der Waals surface area contributed by atoms with Gasteiger partial charge in [-0.1, -0.05) is 32.6 Å². The van der Waals surface area contributed by atoms with E-state index in [9.17, 15) is 5.11 Å². The highest BCUT2D eigenvalue weighted by atomic mass is 16.3. The fraction of sp³-hybridized carbons (Fsp3) is 1.00. The SMILES string of the molecule is CCCCCC(O)CCC(N)N1CCCCC1. The van der Waals surface area contributed by atoms with Crippen molar-refractivity contribution in [3.8, 4) is 0 Å². The molecule has 1 aliphatic heterocycles. The molecule has 0 bridgehead atoms. The maximum absolute atomic E-state index is 9.85. The summed E-state index contributed by atoms with van der Waals surface area (Å²) in [5.41, 5.74) is 6.17. The second-order valence-corrected chi connectivity index (χ2v) is 5.39. The summed E-state index contributed by atoms with van der Waals surface area (Å²) in [6, 6.07) is 0. The molecule has 1 saturated heterocycles. The van der Waals surface area contributed by atoms with Gasteiger partial charge in [-0.15, -0.1) is 0 Å². The summed E-state index contributed by atoms with van der Waals surface area (Å²) in [6.45, 7) is 4.48. The van der Waals surface area contributed by atoms with Crippen LogP contribution in [-0.4, -0.2) is 35.4 Å². The average Bonchev–Trinajstić information content (AvgIpc) is 2.37. The van der Waals surface area contributed by atoms with Gasteiger partial charge in [-0.2, -0.15) is 0 Å². The Morgan fingerprint density at radius 1 is 1.06 bits per heavy atom. The number of unbranched alkanes of at least 4 members (excludes halogenated alkanes) is 2. The number of aliphatic hydroxyl groups excluding tert-OH is 1. The van der Waals surface area contributed by atoms with E-state index in [4.69, 9.17) is 5.73 Å². The Kier molecular flexibility index (Phi) is 7.82. The van der Waals surface area contributed by atoms with Gasteiger partial charge in [0, 0.05) is 0 Å². The molecule has 3 nitrogen and oxygen atoms in total. The van der Waals surface area contributed by atoms with Crippen molar-refractivity contribution < 1.29 is 5.11 Å². The molecule has 0 aliphatic carbocycles. The third kappa shape index (κ3) is 6.39. The van der Waals surface area contributed by atoms with Crippen LogP contribution in [0.3, 0.4) is 0 Å². The highest BCUT2D eigenvalue weighted by molar-refractivity contribution is 4.71.